The lowest BCUT2D eigenvalue weighted by atomic mass is 9.86. The van der Waals surface area contributed by atoms with Gasteiger partial charge >= 0.3 is 0 Å². The molecule has 0 radical (unpaired) electrons. The van der Waals surface area contributed by atoms with E-state index in [9.17, 15) is 4.79 Å². The van der Waals surface area contributed by atoms with Gasteiger partial charge < -0.3 is 10.2 Å². The average molecular weight is 317 g/mol. The molecule has 2 atom stereocenters. The number of anilines is 1. The summed E-state index contributed by atoms with van der Waals surface area (Å²) in [6.45, 7) is 6.27. The lowest BCUT2D eigenvalue weighted by molar-refractivity contribution is -0.123. The molecule has 1 amide bonds. The monoisotopic (exact) mass is 317 g/mol. The summed E-state index contributed by atoms with van der Waals surface area (Å²) in [4.78, 5) is 25.3. The maximum absolute atomic E-state index is 12.3. The highest BCUT2D eigenvalue weighted by Gasteiger charge is 2.25. The van der Waals surface area contributed by atoms with E-state index >= 15 is 0 Å². The van der Waals surface area contributed by atoms with Crippen LogP contribution in [0.25, 0.3) is 0 Å². The Morgan fingerprint density at radius 3 is 2.57 bits per heavy atom. The number of carbonyl (C=O) groups is 1. The molecule has 2 heterocycles. The second-order valence-corrected chi connectivity index (χ2v) is 6.75. The van der Waals surface area contributed by atoms with E-state index in [2.05, 4.69) is 32.0 Å². The molecular weight excluding hydrogens is 290 g/mol. The highest BCUT2D eigenvalue weighted by atomic mass is 16.2. The van der Waals surface area contributed by atoms with Gasteiger partial charge in [0.2, 0.25) is 11.9 Å². The molecule has 1 saturated heterocycles. The van der Waals surface area contributed by atoms with E-state index in [-0.39, 0.29) is 5.91 Å². The third kappa shape index (κ3) is 4.41. The molecule has 6 heteroatoms. The molecule has 0 spiro atoms. The van der Waals surface area contributed by atoms with E-state index in [0.717, 1.165) is 38.5 Å². The van der Waals surface area contributed by atoms with Crippen molar-refractivity contribution in [3.8, 4) is 0 Å². The van der Waals surface area contributed by atoms with Crippen LogP contribution >= 0.6 is 0 Å². The minimum atomic E-state index is 0.174. The van der Waals surface area contributed by atoms with Crippen molar-refractivity contribution < 1.29 is 4.79 Å². The first-order valence-corrected chi connectivity index (χ1v) is 8.76. The molecule has 126 valence electrons. The van der Waals surface area contributed by atoms with E-state index in [1.54, 1.807) is 12.4 Å². The Hall–Kier alpha value is -1.69. The molecule has 23 heavy (non-hydrogen) atoms. The van der Waals surface area contributed by atoms with E-state index in [4.69, 9.17) is 0 Å². The van der Waals surface area contributed by atoms with Crippen LogP contribution in [0.2, 0.25) is 0 Å². The van der Waals surface area contributed by atoms with E-state index < -0.39 is 0 Å². The van der Waals surface area contributed by atoms with Crippen LogP contribution in [0.15, 0.2) is 18.5 Å². The van der Waals surface area contributed by atoms with Gasteiger partial charge in [-0.15, -0.1) is 0 Å². The molecule has 0 aromatic carbocycles. The minimum Gasteiger partial charge on any atom is -0.352 e. The molecule has 0 bridgehead atoms. The van der Waals surface area contributed by atoms with E-state index in [1.165, 1.54) is 19.3 Å². The summed E-state index contributed by atoms with van der Waals surface area (Å²) >= 11 is 0. The third-order valence-corrected chi connectivity index (χ3v) is 5.03. The van der Waals surface area contributed by atoms with Gasteiger partial charge in [-0.2, -0.15) is 0 Å². The van der Waals surface area contributed by atoms with Crippen molar-refractivity contribution in [2.45, 2.75) is 38.6 Å². The number of aromatic nitrogens is 2. The van der Waals surface area contributed by atoms with Crippen molar-refractivity contribution in [2.24, 2.45) is 5.92 Å². The maximum atomic E-state index is 12.3. The summed E-state index contributed by atoms with van der Waals surface area (Å²) in [6, 6.07) is 2.20. The molecule has 1 aromatic rings. The van der Waals surface area contributed by atoms with Crippen LogP contribution in [0.4, 0.5) is 5.95 Å². The summed E-state index contributed by atoms with van der Waals surface area (Å²) in [7, 11) is 0. The van der Waals surface area contributed by atoms with Gasteiger partial charge in [-0.25, -0.2) is 9.97 Å². The number of hydrogen-bond acceptors (Lipinski definition) is 5. The van der Waals surface area contributed by atoms with Crippen LogP contribution < -0.4 is 10.2 Å². The zero-order valence-electron chi connectivity index (χ0n) is 13.9. The standard InChI is InChI=1S/C17H27N5O/c1-14-5-2-3-6-15(14)20-16(23)13-21-9-11-22(12-10-21)17-18-7-4-8-19-17/h4,7-8,14-15H,2-3,5-6,9-13H2,1H3,(H,20,23). The molecule has 1 saturated carbocycles. The molecule has 1 aliphatic carbocycles. The number of hydrogen-bond donors (Lipinski definition) is 1. The number of amides is 1. The second-order valence-electron chi connectivity index (χ2n) is 6.75. The number of nitrogens with one attached hydrogen (secondary N) is 1. The van der Waals surface area contributed by atoms with Crippen LogP contribution in [-0.4, -0.2) is 59.5 Å². The Morgan fingerprint density at radius 2 is 1.87 bits per heavy atom. The second kappa shape index (κ2) is 7.73. The fourth-order valence-corrected chi connectivity index (χ4v) is 3.55. The van der Waals surface area contributed by atoms with Gasteiger partial charge in [0.05, 0.1) is 6.54 Å². The number of carbonyl (C=O) groups excluding carboxylic acids is 1. The first-order chi connectivity index (χ1) is 11.2. The van der Waals surface area contributed by atoms with Gasteiger partial charge in [0, 0.05) is 44.6 Å². The molecule has 3 rings (SSSR count). The number of rotatable bonds is 4. The minimum absolute atomic E-state index is 0.174. The molecule has 6 nitrogen and oxygen atoms in total. The largest absolute Gasteiger partial charge is 0.352 e. The normalized spacial score (nSPS) is 26.0. The average Bonchev–Trinajstić information content (AvgIpc) is 2.58. The summed E-state index contributed by atoms with van der Waals surface area (Å²) in [5.41, 5.74) is 0. The van der Waals surface area contributed by atoms with Crippen molar-refractivity contribution in [1.82, 2.24) is 20.2 Å². The fraction of sp³-hybridized carbons (Fsp3) is 0.706. The van der Waals surface area contributed by atoms with Crippen molar-refractivity contribution in [3.05, 3.63) is 18.5 Å². The highest BCUT2D eigenvalue weighted by Crippen LogP contribution is 2.23. The van der Waals surface area contributed by atoms with Crippen LogP contribution in [0.1, 0.15) is 32.6 Å². The topological polar surface area (TPSA) is 61.4 Å². The summed E-state index contributed by atoms with van der Waals surface area (Å²) in [5, 5.41) is 3.24. The Morgan fingerprint density at radius 1 is 1.17 bits per heavy atom. The van der Waals surface area contributed by atoms with Crippen molar-refractivity contribution >= 4 is 11.9 Å². The van der Waals surface area contributed by atoms with Crippen LogP contribution in [0.5, 0.6) is 0 Å². The van der Waals surface area contributed by atoms with Crippen LogP contribution in [0.3, 0.4) is 0 Å². The Kier molecular flexibility index (Phi) is 5.43. The fourth-order valence-electron chi connectivity index (χ4n) is 3.55. The van der Waals surface area contributed by atoms with Gasteiger partial charge in [-0.1, -0.05) is 19.8 Å². The molecule has 2 unspecified atom stereocenters. The van der Waals surface area contributed by atoms with Gasteiger partial charge in [0.1, 0.15) is 0 Å². The van der Waals surface area contributed by atoms with Crippen molar-refractivity contribution in [2.75, 3.05) is 37.6 Å². The third-order valence-electron chi connectivity index (χ3n) is 5.03. The maximum Gasteiger partial charge on any atom is 0.234 e. The highest BCUT2D eigenvalue weighted by molar-refractivity contribution is 5.78. The molecule has 1 aliphatic heterocycles. The molecular formula is C17H27N5O. The SMILES string of the molecule is CC1CCCCC1NC(=O)CN1CCN(c2ncccn2)CC1. The smallest absolute Gasteiger partial charge is 0.234 e. The Bertz CT molecular complexity index is 501. The predicted octanol–water partition coefficient (Wildman–Crippen LogP) is 1.29. The molecule has 2 fully saturated rings. The quantitative estimate of drug-likeness (QED) is 0.907. The summed E-state index contributed by atoms with van der Waals surface area (Å²) in [6.07, 6.45) is 8.45. The Labute approximate surface area is 138 Å². The van der Waals surface area contributed by atoms with E-state index in [1.807, 2.05) is 6.07 Å². The van der Waals surface area contributed by atoms with Gasteiger partial charge in [0.25, 0.3) is 0 Å². The summed E-state index contributed by atoms with van der Waals surface area (Å²) < 4.78 is 0. The van der Waals surface area contributed by atoms with Crippen molar-refractivity contribution in [1.29, 1.82) is 0 Å². The first-order valence-electron chi connectivity index (χ1n) is 8.76. The van der Waals surface area contributed by atoms with Crippen molar-refractivity contribution in [3.63, 3.8) is 0 Å². The zero-order chi connectivity index (χ0) is 16.1. The van der Waals surface area contributed by atoms with Gasteiger partial charge in [-0.05, 0) is 24.8 Å². The molecule has 2 aliphatic rings. The molecule has 1 aromatic heterocycles. The number of nitrogens with zero attached hydrogens (tertiary/aromatic N) is 4. The zero-order valence-corrected chi connectivity index (χ0v) is 13.9. The summed E-state index contributed by atoms with van der Waals surface area (Å²) in [5.74, 6) is 1.57. The van der Waals surface area contributed by atoms with Gasteiger partial charge in [-0.3, -0.25) is 9.69 Å². The van der Waals surface area contributed by atoms with Crippen LogP contribution in [-0.2, 0) is 4.79 Å². The predicted molar refractivity (Wildman–Crippen MR) is 90.2 cm³/mol. The van der Waals surface area contributed by atoms with Gasteiger partial charge in [0.15, 0.2) is 0 Å². The van der Waals surface area contributed by atoms with Crippen LogP contribution in [0, 0.1) is 5.92 Å². The first kappa shape index (κ1) is 16.2. The van der Waals surface area contributed by atoms with E-state index in [0.29, 0.717) is 18.5 Å². The number of piperazine rings is 1. The Balaban J connectivity index is 1.42. The lowest BCUT2D eigenvalue weighted by Crippen LogP contribution is -2.51. The molecule has 1 N–H and O–H groups in total. The lowest BCUT2D eigenvalue weighted by Gasteiger charge is -2.35.